The number of fused-ring (bicyclic) bond motifs is 1. The minimum Gasteiger partial charge on any atom is -0.337 e. The molecule has 3 N–H and O–H groups in total. The molecule has 0 fully saturated rings. The molecule has 1 aliphatic heterocycles. The average molecular weight is 642 g/mol. The highest BCUT2D eigenvalue weighted by Gasteiger charge is 2.26. The van der Waals surface area contributed by atoms with Gasteiger partial charge in [-0.05, 0) is 70.8 Å². The molecule has 0 saturated carbocycles. The van der Waals surface area contributed by atoms with E-state index in [1.165, 1.54) is 41.4 Å². The number of nitrogens with zero attached hydrogens (tertiary/aromatic N) is 2. The number of carbonyl (C=O) groups is 4. The lowest BCUT2D eigenvalue weighted by Crippen LogP contribution is -2.33. The fraction of sp³-hybridized carbons (Fsp3) is 0.156. The molecule has 0 radical (unpaired) electrons. The zero-order valence-electron chi connectivity index (χ0n) is 23.6. The van der Waals surface area contributed by atoms with E-state index in [2.05, 4.69) is 22.0 Å². The maximum atomic E-state index is 13.3. The van der Waals surface area contributed by atoms with E-state index >= 15 is 0 Å². The number of anilines is 2. The lowest BCUT2D eigenvalue weighted by Gasteiger charge is -2.25. The number of thioether (sulfide) groups is 1. The van der Waals surface area contributed by atoms with Crippen molar-refractivity contribution in [3.05, 3.63) is 104 Å². The summed E-state index contributed by atoms with van der Waals surface area (Å²) >= 11 is 4.10. The van der Waals surface area contributed by atoms with E-state index in [9.17, 15) is 24.4 Å². The molecular weight excluding hydrogens is 615 g/mol. The maximum Gasteiger partial charge on any atom is 0.272 e. The van der Waals surface area contributed by atoms with Crippen LogP contribution in [0, 0.1) is 11.3 Å². The third-order valence-electron chi connectivity index (χ3n) is 6.71. The van der Waals surface area contributed by atoms with Gasteiger partial charge in [0.05, 0.1) is 17.9 Å². The summed E-state index contributed by atoms with van der Waals surface area (Å²) in [6.07, 6.45) is 2.20. The number of thiophene rings is 2. The zero-order chi connectivity index (χ0) is 31.1. The highest BCUT2D eigenvalue weighted by Crippen LogP contribution is 2.37. The molecule has 12 heteroatoms. The summed E-state index contributed by atoms with van der Waals surface area (Å²) in [7, 11) is 0. The summed E-state index contributed by atoms with van der Waals surface area (Å²) in [5, 5.41) is 22.4. The van der Waals surface area contributed by atoms with Crippen LogP contribution in [0.1, 0.15) is 38.8 Å². The van der Waals surface area contributed by atoms with Crippen molar-refractivity contribution in [2.45, 2.75) is 24.8 Å². The van der Waals surface area contributed by atoms with Crippen LogP contribution in [0.15, 0.2) is 82.0 Å². The molecule has 222 valence electrons. The van der Waals surface area contributed by atoms with Crippen molar-refractivity contribution in [2.75, 3.05) is 22.9 Å². The van der Waals surface area contributed by atoms with Crippen LogP contribution in [-0.4, -0.2) is 40.8 Å². The first-order valence-electron chi connectivity index (χ1n) is 13.5. The second-order valence-electron chi connectivity index (χ2n) is 9.76. The smallest absolute Gasteiger partial charge is 0.272 e. The number of hydrogen-bond acceptors (Lipinski definition) is 8. The molecule has 1 aliphatic rings. The van der Waals surface area contributed by atoms with Gasteiger partial charge in [0.1, 0.15) is 16.8 Å². The van der Waals surface area contributed by atoms with Crippen LogP contribution >= 0.6 is 34.4 Å². The van der Waals surface area contributed by atoms with Gasteiger partial charge in [0.2, 0.25) is 11.8 Å². The molecule has 3 heterocycles. The van der Waals surface area contributed by atoms with Gasteiger partial charge in [0, 0.05) is 34.5 Å². The fourth-order valence-electron chi connectivity index (χ4n) is 4.52. The molecule has 5 rings (SSSR count). The van der Waals surface area contributed by atoms with E-state index in [1.54, 1.807) is 53.4 Å². The molecule has 0 aliphatic carbocycles. The minimum atomic E-state index is -0.491. The average Bonchev–Trinajstić information content (AvgIpc) is 3.67. The molecular formula is C32H27N5O4S3. The molecule has 0 spiro atoms. The normalized spacial score (nSPS) is 12.5. The van der Waals surface area contributed by atoms with Crippen LogP contribution in [0.25, 0.3) is 6.08 Å². The highest BCUT2D eigenvalue weighted by atomic mass is 32.2. The number of amides is 4. The first kappa shape index (κ1) is 30.7. The third kappa shape index (κ3) is 7.62. The van der Waals surface area contributed by atoms with Crippen molar-refractivity contribution in [2.24, 2.45) is 0 Å². The van der Waals surface area contributed by atoms with Gasteiger partial charge in [-0.3, -0.25) is 19.2 Å². The van der Waals surface area contributed by atoms with Gasteiger partial charge in [-0.15, -0.1) is 23.1 Å². The number of benzene rings is 2. The van der Waals surface area contributed by atoms with E-state index in [-0.39, 0.29) is 23.3 Å². The SMILES string of the molecule is CC(=O)N1CCc2c(sc(NC(=O)CSc3cccc(NC(=O)/C(=C/c4ccsc4)NC(=O)c4ccccc4)c3)c2C#N)C1. The molecule has 4 aromatic rings. The Labute approximate surface area is 266 Å². The number of rotatable bonds is 9. The number of nitrogens with one attached hydrogen (secondary N) is 3. The Kier molecular flexibility index (Phi) is 9.91. The Hall–Kier alpha value is -4.70. The van der Waals surface area contributed by atoms with E-state index in [4.69, 9.17) is 0 Å². The molecule has 2 aromatic carbocycles. The second-order valence-corrected chi connectivity index (χ2v) is 12.7. The van der Waals surface area contributed by atoms with Gasteiger partial charge in [-0.1, -0.05) is 24.3 Å². The number of carbonyl (C=O) groups excluding carboxylic acids is 4. The summed E-state index contributed by atoms with van der Waals surface area (Å²) in [6.45, 7) is 2.51. The van der Waals surface area contributed by atoms with Crippen LogP contribution in [0.3, 0.4) is 0 Å². The predicted octanol–water partition coefficient (Wildman–Crippen LogP) is 5.73. The minimum absolute atomic E-state index is 0.0189. The van der Waals surface area contributed by atoms with Gasteiger partial charge in [-0.25, -0.2) is 0 Å². The Morgan fingerprint density at radius 3 is 2.61 bits per heavy atom. The lowest BCUT2D eigenvalue weighted by molar-refractivity contribution is -0.129. The van der Waals surface area contributed by atoms with Gasteiger partial charge < -0.3 is 20.9 Å². The van der Waals surface area contributed by atoms with Crippen molar-refractivity contribution in [1.82, 2.24) is 10.2 Å². The van der Waals surface area contributed by atoms with E-state index in [1.807, 2.05) is 29.0 Å². The maximum absolute atomic E-state index is 13.3. The fourth-order valence-corrected chi connectivity index (χ4v) is 7.12. The van der Waals surface area contributed by atoms with Crippen LogP contribution in [-0.2, 0) is 27.3 Å². The Balaban J connectivity index is 1.22. The lowest BCUT2D eigenvalue weighted by atomic mass is 10.0. The molecule has 44 heavy (non-hydrogen) atoms. The summed E-state index contributed by atoms with van der Waals surface area (Å²) < 4.78 is 0. The molecule has 9 nitrogen and oxygen atoms in total. The highest BCUT2D eigenvalue weighted by molar-refractivity contribution is 8.00. The third-order valence-corrected chi connectivity index (χ3v) is 9.54. The van der Waals surface area contributed by atoms with Gasteiger partial charge in [0.15, 0.2) is 0 Å². The van der Waals surface area contributed by atoms with Crippen molar-refractivity contribution >= 4 is 74.8 Å². The Morgan fingerprint density at radius 1 is 1.07 bits per heavy atom. The molecule has 0 atom stereocenters. The Bertz CT molecular complexity index is 1770. The summed E-state index contributed by atoms with van der Waals surface area (Å²) in [4.78, 5) is 54.1. The molecule has 2 aromatic heterocycles. The van der Waals surface area contributed by atoms with E-state index < -0.39 is 11.8 Å². The summed E-state index contributed by atoms with van der Waals surface area (Å²) in [6, 6.07) is 19.8. The molecule has 0 saturated heterocycles. The van der Waals surface area contributed by atoms with Crippen molar-refractivity contribution in [3.8, 4) is 6.07 Å². The van der Waals surface area contributed by atoms with Crippen LogP contribution in [0.5, 0.6) is 0 Å². The molecule has 0 bridgehead atoms. The first-order chi connectivity index (χ1) is 21.3. The van der Waals surface area contributed by atoms with Gasteiger partial charge in [-0.2, -0.15) is 16.6 Å². The standard InChI is InChI=1S/C32H27N5O4S3/c1-20(38)37-12-10-25-26(16-33)32(44-28(25)17-37)36-29(39)19-43-24-9-5-8-23(15-24)34-31(41)27(14-21-11-13-42-18-21)35-30(40)22-6-3-2-4-7-22/h2-9,11,13-15,18H,10,12,17,19H2,1H3,(H,34,41)(H,35,40)(H,36,39)/b27-14-. The summed E-state index contributed by atoms with van der Waals surface area (Å²) in [5.41, 5.74) is 3.16. The number of hydrogen-bond donors (Lipinski definition) is 3. The Morgan fingerprint density at radius 2 is 1.89 bits per heavy atom. The van der Waals surface area contributed by atoms with E-state index in [0.717, 1.165) is 20.9 Å². The van der Waals surface area contributed by atoms with Crippen LogP contribution in [0.2, 0.25) is 0 Å². The number of nitriles is 1. The topological polar surface area (TPSA) is 131 Å². The van der Waals surface area contributed by atoms with Gasteiger partial charge in [0.25, 0.3) is 11.8 Å². The molecule has 4 amide bonds. The second kappa shape index (κ2) is 14.2. The van der Waals surface area contributed by atoms with Crippen molar-refractivity contribution in [3.63, 3.8) is 0 Å². The van der Waals surface area contributed by atoms with E-state index in [0.29, 0.717) is 41.3 Å². The quantitative estimate of drug-likeness (QED) is 0.158. The predicted molar refractivity (Wildman–Crippen MR) is 174 cm³/mol. The van der Waals surface area contributed by atoms with Crippen LogP contribution < -0.4 is 16.0 Å². The van der Waals surface area contributed by atoms with Gasteiger partial charge >= 0.3 is 0 Å². The monoisotopic (exact) mass is 641 g/mol. The summed E-state index contributed by atoms with van der Waals surface area (Å²) in [5.74, 6) is -1.10. The van der Waals surface area contributed by atoms with Crippen molar-refractivity contribution in [1.29, 1.82) is 5.26 Å². The molecule has 0 unspecified atom stereocenters. The zero-order valence-corrected chi connectivity index (χ0v) is 26.0. The first-order valence-corrected chi connectivity index (χ1v) is 16.3. The van der Waals surface area contributed by atoms with Crippen molar-refractivity contribution < 1.29 is 19.2 Å². The van der Waals surface area contributed by atoms with Crippen LogP contribution in [0.4, 0.5) is 10.7 Å². The largest absolute Gasteiger partial charge is 0.337 e.